The number of amides is 1. The van der Waals surface area contributed by atoms with Crippen molar-refractivity contribution in [2.45, 2.75) is 32.0 Å². The van der Waals surface area contributed by atoms with Crippen molar-refractivity contribution in [2.24, 2.45) is 0 Å². The van der Waals surface area contributed by atoms with Crippen LogP contribution >= 0.6 is 0 Å². The number of para-hydroxylation sites is 1. The van der Waals surface area contributed by atoms with Crippen LogP contribution < -0.4 is 10.9 Å². The molecule has 214 valence electrons. The highest BCUT2D eigenvalue weighted by Gasteiger charge is 2.27. The van der Waals surface area contributed by atoms with Crippen molar-refractivity contribution >= 4 is 16.7 Å². The number of nitrogens with one attached hydrogen (secondary N) is 1. The molecular weight excluding hydrogens is 516 g/mol. The van der Waals surface area contributed by atoms with Crippen LogP contribution in [0.4, 0.5) is 0 Å². The highest BCUT2D eigenvalue weighted by molar-refractivity contribution is 6.08. The van der Waals surface area contributed by atoms with Crippen LogP contribution in [-0.4, -0.2) is 75.9 Å². The Morgan fingerprint density at radius 1 is 0.854 bits per heavy atom. The molecule has 1 aliphatic heterocycles. The van der Waals surface area contributed by atoms with E-state index in [4.69, 9.17) is 0 Å². The summed E-state index contributed by atoms with van der Waals surface area (Å²) in [4.78, 5) is 32.7. The Morgan fingerprint density at radius 2 is 1.44 bits per heavy atom. The molecule has 1 amide bonds. The quantitative estimate of drug-likeness (QED) is 0.278. The second kappa shape index (κ2) is 13.2. The van der Waals surface area contributed by atoms with Crippen molar-refractivity contribution in [3.63, 3.8) is 0 Å². The van der Waals surface area contributed by atoms with Crippen molar-refractivity contribution in [1.29, 1.82) is 0 Å². The molecule has 5 rings (SSSR count). The number of aliphatic hydroxyl groups is 2. The summed E-state index contributed by atoms with van der Waals surface area (Å²) in [6, 6.07) is 26.6. The van der Waals surface area contributed by atoms with Gasteiger partial charge in [0.05, 0.1) is 30.0 Å². The van der Waals surface area contributed by atoms with E-state index in [2.05, 4.69) is 22.0 Å². The van der Waals surface area contributed by atoms with E-state index in [1.54, 1.807) is 10.6 Å². The molecule has 8 nitrogen and oxygen atoms in total. The lowest BCUT2D eigenvalue weighted by Crippen LogP contribution is -2.49. The molecule has 1 saturated heterocycles. The molecule has 4 aromatic rings. The topological polar surface area (TPSA) is 98.0 Å². The van der Waals surface area contributed by atoms with Gasteiger partial charge < -0.3 is 15.5 Å². The first kappa shape index (κ1) is 28.7. The van der Waals surface area contributed by atoms with E-state index >= 15 is 0 Å². The molecule has 0 bridgehead atoms. The Bertz CT molecular complexity index is 1520. The van der Waals surface area contributed by atoms with Gasteiger partial charge in [0, 0.05) is 55.7 Å². The second-order valence-electron chi connectivity index (χ2n) is 10.6. The molecule has 2 heterocycles. The van der Waals surface area contributed by atoms with Gasteiger partial charge in [-0.15, -0.1) is 0 Å². The van der Waals surface area contributed by atoms with E-state index in [1.807, 2.05) is 78.9 Å². The summed E-state index contributed by atoms with van der Waals surface area (Å²) in [5, 5.41) is 23.5. The Kier molecular flexibility index (Phi) is 9.26. The number of carbonyl (C=O) groups is 1. The standard InChI is InChI=1S/C33H38N4O4/c1-2-29(24-11-5-3-6-12-24)34-32(40)31-27-15-9-10-16-28(27)33(41)37(25-13-7-4-8-14-25)30(31)22-36-19-17-35(18-20-36)21-26(39)23-38/h3-16,26,29,38-39H,2,17-23H2,1H3,(H,34,40)/t26-,29?/m0/s1. The Morgan fingerprint density at radius 3 is 2.07 bits per heavy atom. The number of benzene rings is 3. The fourth-order valence-electron chi connectivity index (χ4n) is 5.69. The van der Waals surface area contributed by atoms with Gasteiger partial charge in [-0.05, 0) is 30.2 Å². The number of hydrogen-bond donors (Lipinski definition) is 3. The first-order valence-electron chi connectivity index (χ1n) is 14.3. The van der Waals surface area contributed by atoms with Gasteiger partial charge in [0.2, 0.25) is 0 Å². The van der Waals surface area contributed by atoms with Crippen molar-refractivity contribution in [3.05, 3.63) is 112 Å². The number of hydrogen-bond acceptors (Lipinski definition) is 6. The van der Waals surface area contributed by atoms with E-state index in [1.165, 1.54) is 0 Å². The van der Waals surface area contributed by atoms with Gasteiger partial charge in [-0.25, -0.2) is 0 Å². The number of pyridine rings is 1. The average molecular weight is 555 g/mol. The molecule has 41 heavy (non-hydrogen) atoms. The highest BCUT2D eigenvalue weighted by atomic mass is 16.3. The van der Waals surface area contributed by atoms with Gasteiger partial charge in [0.25, 0.3) is 11.5 Å². The fraction of sp³-hybridized carbons (Fsp3) is 0.333. The summed E-state index contributed by atoms with van der Waals surface area (Å²) in [6.45, 7) is 5.46. The minimum absolute atomic E-state index is 0.154. The van der Waals surface area contributed by atoms with E-state index in [0.717, 1.165) is 12.0 Å². The fourth-order valence-corrected chi connectivity index (χ4v) is 5.69. The minimum Gasteiger partial charge on any atom is -0.394 e. The van der Waals surface area contributed by atoms with Crippen LogP contribution in [0.15, 0.2) is 89.7 Å². The van der Waals surface area contributed by atoms with E-state index in [9.17, 15) is 19.8 Å². The van der Waals surface area contributed by atoms with E-state index in [-0.39, 0.29) is 24.1 Å². The molecule has 3 aromatic carbocycles. The highest BCUT2D eigenvalue weighted by Crippen LogP contribution is 2.26. The molecule has 1 aromatic heterocycles. The zero-order valence-corrected chi connectivity index (χ0v) is 23.4. The summed E-state index contributed by atoms with van der Waals surface area (Å²) in [5.41, 5.74) is 2.76. The number of rotatable bonds is 10. The zero-order valence-electron chi connectivity index (χ0n) is 23.4. The molecule has 0 aliphatic carbocycles. The number of piperazine rings is 1. The van der Waals surface area contributed by atoms with Gasteiger partial charge >= 0.3 is 0 Å². The van der Waals surface area contributed by atoms with E-state index in [0.29, 0.717) is 67.0 Å². The SMILES string of the molecule is CCC(NC(=O)c1c(CN2CCN(C[C@H](O)CO)CC2)n(-c2ccccc2)c(=O)c2ccccc12)c1ccccc1. The maximum absolute atomic E-state index is 14.3. The molecule has 1 aliphatic rings. The normalized spacial score (nSPS) is 16.0. The van der Waals surface area contributed by atoms with Crippen molar-refractivity contribution in [1.82, 2.24) is 19.7 Å². The maximum Gasteiger partial charge on any atom is 0.263 e. The van der Waals surface area contributed by atoms with E-state index < -0.39 is 6.10 Å². The lowest BCUT2D eigenvalue weighted by Gasteiger charge is -2.36. The average Bonchev–Trinajstić information content (AvgIpc) is 3.01. The van der Waals surface area contributed by atoms with Crippen molar-refractivity contribution < 1.29 is 15.0 Å². The molecule has 1 unspecified atom stereocenters. The molecule has 0 spiro atoms. The van der Waals surface area contributed by atoms with Crippen LogP contribution in [0.5, 0.6) is 0 Å². The zero-order chi connectivity index (χ0) is 28.8. The van der Waals surface area contributed by atoms with Gasteiger partial charge in [-0.1, -0.05) is 73.7 Å². The second-order valence-corrected chi connectivity index (χ2v) is 10.6. The summed E-state index contributed by atoms with van der Waals surface area (Å²) >= 11 is 0. The molecule has 8 heteroatoms. The molecule has 0 saturated carbocycles. The third kappa shape index (κ3) is 6.41. The number of fused-ring (bicyclic) bond motifs is 1. The van der Waals surface area contributed by atoms with Crippen LogP contribution in [0.3, 0.4) is 0 Å². The first-order chi connectivity index (χ1) is 20.0. The third-order valence-corrected chi connectivity index (χ3v) is 7.86. The number of β-amino-alcohol motifs (C(OH)–C–C–N with tert-alkyl or cyclic N) is 1. The first-order valence-corrected chi connectivity index (χ1v) is 14.3. The van der Waals surface area contributed by atoms with Gasteiger partial charge in [-0.3, -0.25) is 24.0 Å². The summed E-state index contributed by atoms with van der Waals surface area (Å²) < 4.78 is 1.70. The predicted octanol–water partition coefficient (Wildman–Crippen LogP) is 3.34. The van der Waals surface area contributed by atoms with Crippen LogP contribution in [-0.2, 0) is 6.54 Å². The summed E-state index contributed by atoms with van der Waals surface area (Å²) in [6.07, 6.45) is -0.0417. The third-order valence-electron chi connectivity index (χ3n) is 7.86. The Hall–Kier alpha value is -3.82. The predicted molar refractivity (Wildman–Crippen MR) is 161 cm³/mol. The molecule has 1 fully saturated rings. The van der Waals surface area contributed by atoms with Crippen LogP contribution in [0, 0.1) is 0 Å². The monoisotopic (exact) mass is 554 g/mol. The van der Waals surface area contributed by atoms with Crippen LogP contribution in [0.25, 0.3) is 16.5 Å². The number of aliphatic hydroxyl groups excluding tert-OH is 2. The maximum atomic E-state index is 14.3. The van der Waals surface area contributed by atoms with Gasteiger partial charge in [0.15, 0.2) is 0 Å². The smallest absolute Gasteiger partial charge is 0.263 e. The number of nitrogens with zero attached hydrogens (tertiary/aromatic N) is 3. The summed E-state index contributed by atoms with van der Waals surface area (Å²) in [7, 11) is 0. The van der Waals surface area contributed by atoms with Gasteiger partial charge in [0.1, 0.15) is 0 Å². The van der Waals surface area contributed by atoms with Gasteiger partial charge in [-0.2, -0.15) is 0 Å². The van der Waals surface area contributed by atoms with Crippen molar-refractivity contribution in [3.8, 4) is 5.69 Å². The van der Waals surface area contributed by atoms with Crippen LogP contribution in [0.1, 0.15) is 41.0 Å². The largest absolute Gasteiger partial charge is 0.394 e. The molecular formula is C33H38N4O4. The molecule has 3 N–H and O–H groups in total. The number of carbonyl (C=O) groups excluding carboxylic acids is 1. The van der Waals surface area contributed by atoms with Crippen molar-refractivity contribution in [2.75, 3.05) is 39.3 Å². The lowest BCUT2D eigenvalue weighted by molar-refractivity contribution is 0.0379. The van der Waals surface area contributed by atoms with Crippen LogP contribution in [0.2, 0.25) is 0 Å². The number of aromatic nitrogens is 1. The summed E-state index contributed by atoms with van der Waals surface area (Å²) in [5.74, 6) is -0.207. The lowest BCUT2D eigenvalue weighted by atomic mass is 9.99. The Balaban J connectivity index is 1.59. The minimum atomic E-state index is -0.767. The molecule has 0 radical (unpaired) electrons. The Labute approximate surface area is 240 Å². The molecule has 2 atom stereocenters.